The normalized spacial score (nSPS) is 10.5. The summed E-state index contributed by atoms with van der Waals surface area (Å²) in [4.78, 5) is 0. The monoisotopic (exact) mass is 966 g/mol. The molecule has 2 aromatic carbocycles. The summed E-state index contributed by atoms with van der Waals surface area (Å²) in [5.74, 6) is 0.0732. The van der Waals surface area contributed by atoms with E-state index < -0.39 is 0 Å². The molecule has 0 bridgehead atoms. The molecule has 0 fully saturated rings. The average Bonchev–Trinajstić information content (AvgIpc) is 3.39. The molecule has 4 rings (SSSR count). The first-order chi connectivity index (χ1) is 18.0. The van der Waals surface area contributed by atoms with Gasteiger partial charge in [0.25, 0.3) is 0 Å². The Hall–Kier alpha value is -0.281. The van der Waals surface area contributed by atoms with Gasteiger partial charge in [-0.15, -0.1) is 58.0 Å². The fourth-order valence-electron chi connectivity index (χ4n) is 3.91. The van der Waals surface area contributed by atoms with Crippen LogP contribution in [0.15, 0.2) is 36.4 Å². The molecule has 0 unspecified atom stereocenters. The van der Waals surface area contributed by atoms with Gasteiger partial charge in [0.2, 0.25) is 12.7 Å². The molecule has 4 aromatic rings. The molecule has 0 aliphatic carbocycles. The minimum Gasteiger partial charge on any atom is -1.00 e. The molecule has 226 valence electrons. The second-order valence-corrected chi connectivity index (χ2v) is 10.6. The predicted octanol–water partition coefficient (Wildman–Crippen LogP) is 1.52. The van der Waals surface area contributed by atoms with Crippen LogP contribution in [0.4, 0.5) is 4.39 Å². The molecule has 4 nitrogen and oxygen atoms in total. The molecule has 0 aliphatic heterocycles. The average molecular weight is 970 g/mol. The maximum absolute atomic E-state index is 13.9. The Morgan fingerprint density at radius 3 is 1.80 bits per heavy atom. The van der Waals surface area contributed by atoms with Crippen LogP contribution in [0.5, 0.6) is 0 Å². The van der Waals surface area contributed by atoms with Crippen molar-refractivity contribution in [3.8, 4) is 0 Å². The van der Waals surface area contributed by atoms with Crippen molar-refractivity contribution in [3.05, 3.63) is 109 Å². The van der Waals surface area contributed by atoms with E-state index in [-0.39, 0.29) is 88.6 Å². The van der Waals surface area contributed by atoms with E-state index in [2.05, 4.69) is 47.3 Å². The summed E-state index contributed by atoms with van der Waals surface area (Å²) in [6.45, 7) is 11.8. The van der Waals surface area contributed by atoms with Crippen LogP contribution in [-0.4, -0.2) is 15.0 Å². The van der Waals surface area contributed by atoms with E-state index >= 15 is 0 Å². The van der Waals surface area contributed by atoms with Crippen molar-refractivity contribution in [1.29, 1.82) is 0 Å². The van der Waals surface area contributed by atoms with Gasteiger partial charge in [-0.05, 0) is 12.1 Å². The van der Waals surface area contributed by atoms with E-state index in [0.29, 0.717) is 23.1 Å². The maximum atomic E-state index is 13.9. The number of imidazole rings is 2. The summed E-state index contributed by atoms with van der Waals surface area (Å²) in [7, 11) is 0. The molecule has 0 aliphatic rings. The molecule has 0 amide bonds. The fraction of sp³-hybridized carbons (Fsp3) is 0.321. The number of hydrogen-bond acceptors (Lipinski definition) is 0. The first kappa shape index (κ1) is 40.7. The van der Waals surface area contributed by atoms with Crippen LogP contribution in [0.3, 0.4) is 0 Å². The molecule has 2 heterocycles. The number of benzene rings is 1. The molecule has 0 saturated heterocycles. The Morgan fingerprint density at radius 1 is 0.854 bits per heavy atom. The van der Waals surface area contributed by atoms with Gasteiger partial charge in [0.05, 0.1) is 23.4 Å². The summed E-state index contributed by atoms with van der Waals surface area (Å²) < 4.78 is 20.2. The number of halogens is 8. The van der Waals surface area contributed by atoms with Crippen molar-refractivity contribution < 1.29 is 67.6 Å². The predicted molar refractivity (Wildman–Crippen MR) is 153 cm³/mol. The summed E-state index contributed by atoms with van der Waals surface area (Å²) >= 11 is 30.8. The molecular formula is C28H29Br2Cl5FIrN4. The Labute approximate surface area is 301 Å². The summed E-state index contributed by atoms with van der Waals surface area (Å²) in [5.41, 5.74) is 7.81. The fourth-order valence-corrected chi connectivity index (χ4v) is 4.83. The molecule has 13 heteroatoms. The molecule has 0 spiro atoms. The van der Waals surface area contributed by atoms with Crippen molar-refractivity contribution in [2.24, 2.45) is 0 Å². The molecule has 0 atom stereocenters. The third-order valence-corrected chi connectivity index (χ3v) is 8.60. The topological polar surface area (TPSA) is 17.6 Å². The van der Waals surface area contributed by atoms with Gasteiger partial charge in [-0.3, -0.25) is 9.13 Å². The Morgan fingerprint density at radius 2 is 1.34 bits per heavy atom. The second-order valence-electron chi connectivity index (χ2n) is 8.90. The zero-order valence-corrected chi connectivity index (χ0v) is 32.3. The van der Waals surface area contributed by atoms with E-state index in [1.54, 1.807) is 38.0 Å². The largest absolute Gasteiger partial charge is 3.00 e. The van der Waals surface area contributed by atoms with Gasteiger partial charge in [-0.25, -0.2) is 4.39 Å². The van der Waals surface area contributed by atoms with E-state index in [1.807, 2.05) is 6.08 Å². The number of allylic oxidation sites excluding steroid dienone is 2. The smallest absolute Gasteiger partial charge is 1.00 e. The zero-order valence-electron chi connectivity index (χ0n) is 22.9. The van der Waals surface area contributed by atoms with Gasteiger partial charge in [0, 0.05) is 11.4 Å². The van der Waals surface area contributed by atoms with Crippen LogP contribution >= 0.6 is 58.0 Å². The molecular weight excluding hydrogens is 941 g/mol. The molecule has 0 N–H and O–H groups in total. The van der Waals surface area contributed by atoms with Crippen molar-refractivity contribution in [2.45, 2.75) is 54.4 Å². The van der Waals surface area contributed by atoms with Crippen molar-refractivity contribution in [2.75, 3.05) is 5.88 Å². The molecule has 0 saturated carbocycles. The van der Waals surface area contributed by atoms with Gasteiger partial charge < -0.3 is 43.1 Å². The number of alkyl halides is 1. The van der Waals surface area contributed by atoms with Gasteiger partial charge in [-0.1, -0.05) is 58.9 Å². The summed E-state index contributed by atoms with van der Waals surface area (Å²) in [6.07, 6.45) is 9.69. The van der Waals surface area contributed by atoms with E-state index in [4.69, 9.17) is 58.0 Å². The summed E-state index contributed by atoms with van der Waals surface area (Å²) in [6, 6.07) is 6.43. The zero-order chi connectivity index (χ0) is 28.1. The third-order valence-electron chi connectivity index (χ3n) is 6.70. The van der Waals surface area contributed by atoms with Crippen LogP contribution in [0.2, 0.25) is 20.6 Å². The van der Waals surface area contributed by atoms with E-state index in [1.165, 1.54) is 38.5 Å². The van der Waals surface area contributed by atoms with Crippen molar-refractivity contribution in [3.63, 3.8) is 0 Å². The third kappa shape index (κ3) is 9.86. The van der Waals surface area contributed by atoms with E-state index in [9.17, 15) is 4.39 Å². The van der Waals surface area contributed by atoms with Gasteiger partial charge >= 0.3 is 20.1 Å². The van der Waals surface area contributed by atoms with E-state index in [0.717, 1.165) is 0 Å². The van der Waals surface area contributed by atoms with Crippen LogP contribution in [-0.2, 0) is 39.9 Å². The summed E-state index contributed by atoms with van der Waals surface area (Å²) in [5, 5.41) is 1.09. The molecule has 41 heavy (non-hydrogen) atoms. The van der Waals surface area contributed by atoms with Gasteiger partial charge in [0.15, 0.2) is 6.67 Å². The van der Waals surface area contributed by atoms with Crippen molar-refractivity contribution in [1.82, 2.24) is 9.13 Å². The van der Waals surface area contributed by atoms with Gasteiger partial charge in [0.1, 0.15) is 16.1 Å². The SMILES string of the molecule is Cc1c(C)c(C)[c-](C)c1C.Fc1ccccc1Cn1[c-][n+](C[n+]2[c-]n(C/C=C/CCl)c(Cl)c2Cl)c(Cl)c1Cl.[Br-].[Br-].[Ir+3]. The Balaban J connectivity index is 0.00000105. The quantitative estimate of drug-likeness (QED) is 0.116. The molecule has 0 radical (unpaired) electrons. The standard InChI is InChI=1S/C18H14Cl5FN4.C10H15.2BrH.Ir/c19-7-3-4-8-25-10-27(17(22)15(25)20)12-28-11-26(16(21)18(28)23)9-13-5-1-2-6-14(13)24;1-6-7(2)9(4)10(5)8(6)3;;;/h1-6H,7-9,12H2;1-5H3;2*1H;/q;-1;;;+3/p-2/b4-3+;;;;. The minimum absolute atomic E-state index is 0. The second kappa shape index (κ2) is 18.5. The Bertz CT molecular complexity index is 1390. The minimum atomic E-state index is -0.331. The van der Waals surface area contributed by atoms with Crippen LogP contribution in [0, 0.1) is 53.1 Å². The molecule has 2 aromatic heterocycles. The maximum Gasteiger partial charge on any atom is 3.00 e. The van der Waals surface area contributed by atoms with Crippen LogP contribution in [0.1, 0.15) is 33.4 Å². The van der Waals surface area contributed by atoms with Gasteiger partial charge in [-0.2, -0.15) is 27.8 Å². The number of nitrogens with zero attached hydrogens (tertiary/aromatic N) is 4. The van der Waals surface area contributed by atoms with Crippen LogP contribution < -0.4 is 43.1 Å². The number of rotatable bonds is 7. The first-order valence-electron chi connectivity index (χ1n) is 11.8. The number of hydrogen-bond donors (Lipinski definition) is 0. The van der Waals surface area contributed by atoms with Crippen LogP contribution in [0.25, 0.3) is 0 Å². The Kier molecular flexibility index (Phi) is 18.4. The first-order valence-corrected chi connectivity index (χ1v) is 13.9. The number of aromatic nitrogens is 4. The van der Waals surface area contributed by atoms with Crippen molar-refractivity contribution >= 4 is 58.0 Å².